The van der Waals surface area contributed by atoms with Crippen LogP contribution in [0.15, 0.2) is 48.5 Å². The van der Waals surface area contributed by atoms with E-state index in [-0.39, 0.29) is 18.0 Å². The minimum atomic E-state index is -0.446. The van der Waals surface area contributed by atoms with Gasteiger partial charge in [-0.2, -0.15) is 0 Å². The molecule has 2 amide bonds. The minimum Gasteiger partial charge on any atom is -0.465 e. The van der Waals surface area contributed by atoms with E-state index in [1.807, 2.05) is 12.1 Å². The zero-order valence-electron chi connectivity index (χ0n) is 16.7. The smallest absolute Gasteiger partial charge is 0.337 e. The van der Waals surface area contributed by atoms with Crippen molar-refractivity contribution in [1.29, 1.82) is 0 Å². The Kier molecular flexibility index (Phi) is 6.82. The predicted octanol–water partition coefficient (Wildman–Crippen LogP) is 3.33. The molecule has 0 bridgehead atoms. The van der Waals surface area contributed by atoms with Crippen LogP contribution in [0.2, 0.25) is 0 Å². The molecular formula is C22H26FN3O3. The first-order valence-electron chi connectivity index (χ1n) is 9.66. The van der Waals surface area contributed by atoms with Gasteiger partial charge >= 0.3 is 12.0 Å². The molecule has 7 heteroatoms. The lowest BCUT2D eigenvalue weighted by molar-refractivity contribution is 0.0600. The number of hydrogen-bond acceptors (Lipinski definition) is 4. The first-order chi connectivity index (χ1) is 14.0. The average Bonchev–Trinajstić information content (AvgIpc) is 2.74. The van der Waals surface area contributed by atoms with E-state index >= 15 is 0 Å². The van der Waals surface area contributed by atoms with Crippen LogP contribution in [0.5, 0.6) is 0 Å². The highest BCUT2D eigenvalue weighted by Crippen LogP contribution is 2.21. The van der Waals surface area contributed by atoms with E-state index in [0.29, 0.717) is 17.2 Å². The molecule has 2 atom stereocenters. The highest BCUT2D eigenvalue weighted by Gasteiger charge is 2.24. The van der Waals surface area contributed by atoms with Crippen LogP contribution in [0.25, 0.3) is 0 Å². The van der Waals surface area contributed by atoms with E-state index in [1.54, 1.807) is 31.3 Å². The molecule has 2 unspecified atom stereocenters. The molecular weight excluding hydrogens is 373 g/mol. The van der Waals surface area contributed by atoms with Crippen molar-refractivity contribution in [2.45, 2.75) is 25.4 Å². The molecule has 0 aliphatic carbocycles. The summed E-state index contributed by atoms with van der Waals surface area (Å²) in [4.78, 5) is 25.9. The number of nitrogens with one attached hydrogen (secondary N) is 2. The molecule has 29 heavy (non-hydrogen) atoms. The molecule has 0 aromatic heterocycles. The molecule has 1 heterocycles. The van der Waals surface area contributed by atoms with Crippen LogP contribution >= 0.6 is 0 Å². The van der Waals surface area contributed by atoms with Gasteiger partial charge in [0.15, 0.2) is 0 Å². The number of hydrogen-bond donors (Lipinski definition) is 2. The van der Waals surface area contributed by atoms with Crippen molar-refractivity contribution in [1.82, 2.24) is 10.6 Å². The normalized spacial score (nSPS) is 18.7. The van der Waals surface area contributed by atoms with Crippen LogP contribution in [0.3, 0.4) is 0 Å². The van der Waals surface area contributed by atoms with Crippen LogP contribution in [0.1, 0.15) is 28.8 Å². The quantitative estimate of drug-likeness (QED) is 0.757. The second-order valence-corrected chi connectivity index (χ2v) is 7.28. The van der Waals surface area contributed by atoms with Crippen molar-refractivity contribution >= 4 is 17.7 Å². The number of methoxy groups -OCH3 is 1. The zero-order chi connectivity index (χ0) is 20.8. The number of benzene rings is 2. The average molecular weight is 399 g/mol. The number of carbonyl (C=O) groups is 2. The number of anilines is 1. The fourth-order valence-electron chi connectivity index (χ4n) is 3.57. The second kappa shape index (κ2) is 9.52. The summed E-state index contributed by atoms with van der Waals surface area (Å²) in [6, 6.07) is 13.1. The van der Waals surface area contributed by atoms with E-state index in [1.165, 1.54) is 24.1 Å². The van der Waals surface area contributed by atoms with E-state index in [0.717, 1.165) is 31.4 Å². The number of halogens is 1. The van der Waals surface area contributed by atoms with Crippen LogP contribution in [0, 0.1) is 11.7 Å². The van der Waals surface area contributed by atoms with E-state index < -0.39 is 5.97 Å². The van der Waals surface area contributed by atoms with E-state index in [4.69, 9.17) is 4.74 Å². The van der Waals surface area contributed by atoms with Gasteiger partial charge in [0, 0.05) is 12.7 Å². The lowest BCUT2D eigenvalue weighted by Gasteiger charge is -2.32. The van der Waals surface area contributed by atoms with Crippen LogP contribution in [-0.4, -0.2) is 38.9 Å². The molecule has 3 rings (SSSR count). The van der Waals surface area contributed by atoms with Crippen molar-refractivity contribution in [2.24, 2.45) is 5.92 Å². The Morgan fingerprint density at radius 2 is 2.00 bits per heavy atom. The van der Waals surface area contributed by atoms with Gasteiger partial charge in [-0.25, -0.2) is 14.0 Å². The molecule has 1 saturated heterocycles. The van der Waals surface area contributed by atoms with Gasteiger partial charge in [-0.15, -0.1) is 0 Å². The lowest BCUT2D eigenvalue weighted by atomic mass is 9.89. The summed E-state index contributed by atoms with van der Waals surface area (Å²) in [6.45, 7) is 0.804. The van der Waals surface area contributed by atoms with Gasteiger partial charge in [-0.1, -0.05) is 18.2 Å². The molecule has 1 aliphatic rings. The molecule has 1 fully saturated rings. The van der Waals surface area contributed by atoms with Crippen molar-refractivity contribution in [3.8, 4) is 0 Å². The first kappa shape index (κ1) is 20.8. The number of ether oxygens (including phenoxy) is 1. The number of esters is 1. The van der Waals surface area contributed by atoms with Gasteiger partial charge in [-0.05, 0) is 67.6 Å². The summed E-state index contributed by atoms with van der Waals surface area (Å²) in [5.74, 6) is -0.276. The number of carbonyl (C=O) groups excluding carboxylic acids is 2. The molecule has 0 saturated carbocycles. The van der Waals surface area contributed by atoms with E-state index in [9.17, 15) is 14.0 Å². The Bertz CT molecular complexity index is 857. The Hall–Kier alpha value is -2.93. The third kappa shape index (κ3) is 5.54. The summed E-state index contributed by atoms with van der Waals surface area (Å²) in [5.41, 5.74) is 2.09. The maximum atomic E-state index is 13.1. The number of rotatable bonds is 5. The Labute approximate surface area is 170 Å². The van der Waals surface area contributed by atoms with Crippen molar-refractivity contribution in [3.05, 3.63) is 65.5 Å². The van der Waals surface area contributed by atoms with Crippen molar-refractivity contribution < 1.29 is 18.7 Å². The number of nitrogens with zero attached hydrogens (tertiary/aromatic N) is 1. The third-order valence-electron chi connectivity index (χ3n) is 5.21. The number of urea groups is 1. The van der Waals surface area contributed by atoms with Gasteiger partial charge in [0.1, 0.15) is 5.82 Å². The highest BCUT2D eigenvalue weighted by atomic mass is 19.1. The molecule has 2 N–H and O–H groups in total. The number of amides is 2. The molecule has 154 valence electrons. The number of piperidine rings is 1. The topological polar surface area (TPSA) is 70.7 Å². The summed E-state index contributed by atoms with van der Waals surface area (Å²) in [6.07, 6.45) is 2.50. The highest BCUT2D eigenvalue weighted by molar-refractivity contribution is 5.95. The maximum absolute atomic E-state index is 13.1. The van der Waals surface area contributed by atoms with Gasteiger partial charge in [0.05, 0.1) is 18.8 Å². The largest absolute Gasteiger partial charge is 0.465 e. The van der Waals surface area contributed by atoms with Gasteiger partial charge in [0.2, 0.25) is 0 Å². The first-order valence-corrected chi connectivity index (χ1v) is 9.66. The predicted molar refractivity (Wildman–Crippen MR) is 109 cm³/mol. The molecule has 2 aromatic carbocycles. The summed E-state index contributed by atoms with van der Waals surface area (Å²) in [5, 5.41) is 6.33. The monoisotopic (exact) mass is 399 g/mol. The Balaban J connectivity index is 1.58. The van der Waals surface area contributed by atoms with Gasteiger partial charge in [-0.3, -0.25) is 10.2 Å². The van der Waals surface area contributed by atoms with Crippen LogP contribution in [0.4, 0.5) is 14.9 Å². The fourth-order valence-corrected chi connectivity index (χ4v) is 3.57. The standard InChI is InChI=1S/C22H26FN3O3/c1-26(19-5-3-4-17(14-19)21(27)29-2)22(28)25-20-13-16(10-11-24-20)12-15-6-8-18(23)9-7-15/h3-9,14,16,20,24H,10-13H2,1-2H3,(H,25,28). The minimum absolute atomic E-state index is 0.145. The molecule has 2 aromatic rings. The summed E-state index contributed by atoms with van der Waals surface area (Å²) < 4.78 is 17.8. The van der Waals surface area contributed by atoms with E-state index in [2.05, 4.69) is 10.6 Å². The maximum Gasteiger partial charge on any atom is 0.337 e. The lowest BCUT2D eigenvalue weighted by Crippen LogP contribution is -2.53. The fraction of sp³-hybridized carbons (Fsp3) is 0.364. The summed E-state index contributed by atoms with van der Waals surface area (Å²) >= 11 is 0. The molecule has 6 nitrogen and oxygen atoms in total. The van der Waals surface area contributed by atoms with Gasteiger partial charge in [0.25, 0.3) is 0 Å². The van der Waals surface area contributed by atoms with Crippen molar-refractivity contribution in [2.75, 3.05) is 25.6 Å². The summed E-state index contributed by atoms with van der Waals surface area (Å²) in [7, 11) is 2.98. The van der Waals surface area contributed by atoms with Crippen molar-refractivity contribution in [3.63, 3.8) is 0 Å². The zero-order valence-corrected chi connectivity index (χ0v) is 16.7. The Morgan fingerprint density at radius 1 is 1.24 bits per heavy atom. The Morgan fingerprint density at radius 3 is 2.72 bits per heavy atom. The molecule has 0 spiro atoms. The third-order valence-corrected chi connectivity index (χ3v) is 5.21. The van der Waals surface area contributed by atoms with Gasteiger partial charge < -0.3 is 10.1 Å². The van der Waals surface area contributed by atoms with Crippen LogP contribution in [-0.2, 0) is 11.2 Å². The SMILES string of the molecule is COC(=O)c1cccc(N(C)C(=O)NC2CC(Cc3ccc(F)cc3)CCN2)c1. The van der Waals surface area contributed by atoms with Crippen LogP contribution < -0.4 is 15.5 Å². The molecule has 1 aliphatic heterocycles. The second-order valence-electron chi connectivity index (χ2n) is 7.28. The molecule has 0 radical (unpaired) electrons.